The molecule has 5 N–H and O–H groups in total. The van der Waals surface area contributed by atoms with Crippen molar-refractivity contribution in [2.24, 2.45) is 5.92 Å². The Balaban J connectivity index is 2.06. The van der Waals surface area contributed by atoms with E-state index in [-0.39, 0.29) is 52.5 Å². The predicted octanol–water partition coefficient (Wildman–Crippen LogP) is 3.45. The van der Waals surface area contributed by atoms with Crippen molar-refractivity contribution < 1.29 is 29.7 Å². The first-order chi connectivity index (χ1) is 17.9. The maximum atomic E-state index is 12.8. The Hall–Kier alpha value is -4.41. The van der Waals surface area contributed by atoms with E-state index in [1.165, 1.54) is 22.8 Å². The number of rotatable bonds is 10. The first-order valence-electron chi connectivity index (χ1n) is 12.4. The van der Waals surface area contributed by atoms with Gasteiger partial charge in [-0.1, -0.05) is 27.7 Å². The summed E-state index contributed by atoms with van der Waals surface area (Å²) in [6, 6.07) is 7.94. The lowest BCUT2D eigenvalue weighted by atomic mass is 9.98. The molecule has 1 aromatic heterocycles. The second-order valence-electron chi connectivity index (χ2n) is 9.67. The molecule has 38 heavy (non-hydrogen) atoms. The molecule has 1 atom stereocenters. The molecule has 1 heterocycles. The SMILES string of the molecule is CCNC(=O)c1nnc(-c2cc(C(C)C)c(O)cc2O)n1-c1ccc(C(=O)NC(CC(C)C)C(=O)O)cc1. The number of aromatic nitrogens is 3. The van der Waals surface area contributed by atoms with Crippen molar-refractivity contribution in [3.63, 3.8) is 0 Å². The summed E-state index contributed by atoms with van der Waals surface area (Å²) in [6.07, 6.45) is 0.285. The number of nitrogens with one attached hydrogen (secondary N) is 2. The van der Waals surface area contributed by atoms with Crippen LogP contribution in [0.3, 0.4) is 0 Å². The van der Waals surface area contributed by atoms with Crippen molar-refractivity contribution in [1.82, 2.24) is 25.4 Å². The second kappa shape index (κ2) is 11.8. The number of carbonyl (C=O) groups is 3. The molecule has 3 rings (SSSR count). The fourth-order valence-electron chi connectivity index (χ4n) is 4.02. The normalized spacial score (nSPS) is 12.0. The highest BCUT2D eigenvalue weighted by atomic mass is 16.4. The molecule has 0 aliphatic rings. The van der Waals surface area contributed by atoms with E-state index in [4.69, 9.17) is 0 Å². The molecular formula is C27H33N5O6. The second-order valence-corrected chi connectivity index (χ2v) is 9.67. The number of carbonyl (C=O) groups excluding carboxylic acids is 2. The molecule has 0 aliphatic carbocycles. The number of hydrogen-bond acceptors (Lipinski definition) is 7. The van der Waals surface area contributed by atoms with Gasteiger partial charge in [-0.05, 0) is 61.1 Å². The fourth-order valence-corrected chi connectivity index (χ4v) is 4.02. The van der Waals surface area contributed by atoms with Crippen LogP contribution >= 0.6 is 0 Å². The van der Waals surface area contributed by atoms with Gasteiger partial charge < -0.3 is 26.0 Å². The predicted molar refractivity (Wildman–Crippen MR) is 141 cm³/mol. The third-order valence-electron chi connectivity index (χ3n) is 5.91. The number of aliphatic carboxylic acids is 1. The third kappa shape index (κ3) is 6.10. The summed E-state index contributed by atoms with van der Waals surface area (Å²) in [4.78, 5) is 37.1. The zero-order chi connectivity index (χ0) is 28.1. The number of benzene rings is 2. The molecule has 3 aromatic rings. The number of phenolic OH excluding ortho intramolecular Hbond substituents is 2. The topological polar surface area (TPSA) is 167 Å². The van der Waals surface area contributed by atoms with Gasteiger partial charge in [0.15, 0.2) is 5.82 Å². The summed E-state index contributed by atoms with van der Waals surface area (Å²) in [5.41, 5.74) is 1.49. The van der Waals surface area contributed by atoms with E-state index in [1.54, 1.807) is 25.1 Å². The Morgan fingerprint density at radius 3 is 2.16 bits per heavy atom. The van der Waals surface area contributed by atoms with Crippen LogP contribution in [-0.4, -0.2) is 60.5 Å². The molecule has 0 bridgehead atoms. The molecule has 2 aromatic carbocycles. The molecule has 0 fully saturated rings. The van der Waals surface area contributed by atoms with E-state index in [9.17, 15) is 29.7 Å². The van der Waals surface area contributed by atoms with Gasteiger partial charge in [0.2, 0.25) is 5.82 Å². The van der Waals surface area contributed by atoms with E-state index in [2.05, 4.69) is 20.8 Å². The van der Waals surface area contributed by atoms with E-state index < -0.39 is 23.8 Å². The zero-order valence-corrected chi connectivity index (χ0v) is 22.0. The molecule has 0 radical (unpaired) electrons. The van der Waals surface area contributed by atoms with Crippen LogP contribution in [0.15, 0.2) is 36.4 Å². The number of hydrogen-bond donors (Lipinski definition) is 5. The van der Waals surface area contributed by atoms with Crippen molar-refractivity contribution in [3.05, 3.63) is 53.3 Å². The monoisotopic (exact) mass is 523 g/mol. The van der Waals surface area contributed by atoms with Crippen LogP contribution in [0.4, 0.5) is 0 Å². The highest BCUT2D eigenvalue weighted by Gasteiger charge is 2.25. The summed E-state index contributed by atoms with van der Waals surface area (Å²) in [5, 5.41) is 43.8. The summed E-state index contributed by atoms with van der Waals surface area (Å²) >= 11 is 0. The minimum absolute atomic E-state index is 0.0412. The smallest absolute Gasteiger partial charge is 0.326 e. The zero-order valence-electron chi connectivity index (χ0n) is 22.0. The number of carboxylic acid groups (broad SMARTS) is 1. The fraction of sp³-hybridized carbons (Fsp3) is 0.370. The molecule has 11 heteroatoms. The minimum Gasteiger partial charge on any atom is -0.508 e. The Labute approximate surface area is 220 Å². The molecule has 202 valence electrons. The van der Waals surface area contributed by atoms with Gasteiger partial charge in [-0.25, -0.2) is 4.79 Å². The largest absolute Gasteiger partial charge is 0.508 e. The van der Waals surface area contributed by atoms with Gasteiger partial charge in [-0.3, -0.25) is 14.2 Å². The maximum Gasteiger partial charge on any atom is 0.326 e. The Bertz CT molecular complexity index is 1330. The number of amides is 2. The van der Waals surface area contributed by atoms with Gasteiger partial charge in [0.05, 0.1) is 5.56 Å². The van der Waals surface area contributed by atoms with Gasteiger partial charge in [0.1, 0.15) is 17.5 Å². The first-order valence-corrected chi connectivity index (χ1v) is 12.4. The lowest BCUT2D eigenvalue weighted by molar-refractivity contribution is -0.139. The average Bonchev–Trinajstić information content (AvgIpc) is 3.28. The molecule has 11 nitrogen and oxygen atoms in total. The number of carboxylic acids is 1. The lowest BCUT2D eigenvalue weighted by Gasteiger charge is -2.17. The van der Waals surface area contributed by atoms with Crippen LogP contribution in [0, 0.1) is 5.92 Å². The van der Waals surface area contributed by atoms with Gasteiger partial charge in [-0.15, -0.1) is 10.2 Å². The average molecular weight is 524 g/mol. The maximum absolute atomic E-state index is 12.8. The highest BCUT2D eigenvalue weighted by Crippen LogP contribution is 2.38. The molecule has 0 spiro atoms. The van der Waals surface area contributed by atoms with Crippen LogP contribution < -0.4 is 10.6 Å². The minimum atomic E-state index is -1.11. The summed E-state index contributed by atoms with van der Waals surface area (Å²) in [5.74, 6) is -2.33. The quantitative estimate of drug-likeness (QED) is 0.269. The van der Waals surface area contributed by atoms with Crippen LogP contribution in [0.5, 0.6) is 11.5 Å². The van der Waals surface area contributed by atoms with E-state index in [0.29, 0.717) is 17.8 Å². The van der Waals surface area contributed by atoms with Crippen molar-refractivity contribution in [3.8, 4) is 28.6 Å². The summed E-state index contributed by atoms with van der Waals surface area (Å²) < 4.78 is 1.45. The Morgan fingerprint density at radius 1 is 0.947 bits per heavy atom. The van der Waals surface area contributed by atoms with Gasteiger partial charge in [0.25, 0.3) is 11.8 Å². The van der Waals surface area contributed by atoms with E-state index in [1.807, 2.05) is 27.7 Å². The highest BCUT2D eigenvalue weighted by molar-refractivity contribution is 5.97. The molecular weight excluding hydrogens is 490 g/mol. The Morgan fingerprint density at radius 2 is 1.61 bits per heavy atom. The van der Waals surface area contributed by atoms with Crippen LogP contribution in [-0.2, 0) is 4.79 Å². The molecule has 0 saturated heterocycles. The molecule has 2 amide bonds. The van der Waals surface area contributed by atoms with Gasteiger partial charge in [-0.2, -0.15) is 0 Å². The van der Waals surface area contributed by atoms with Gasteiger partial charge >= 0.3 is 5.97 Å². The van der Waals surface area contributed by atoms with Crippen LogP contribution in [0.1, 0.15) is 73.5 Å². The molecule has 0 aliphatic heterocycles. The standard InChI is InChI=1S/C27H33N5O6/c1-6-28-26(36)24-31-30-23(19-12-18(15(4)5)21(33)13-22(19)34)32(24)17-9-7-16(8-10-17)25(35)29-20(27(37)38)11-14(2)3/h7-10,12-15,20,33-34H,6,11H2,1-5H3,(H,28,36)(H,29,35)(H,37,38). The number of phenols is 2. The third-order valence-corrected chi connectivity index (χ3v) is 5.91. The van der Waals surface area contributed by atoms with Crippen LogP contribution in [0.25, 0.3) is 17.1 Å². The first kappa shape index (κ1) is 28.2. The van der Waals surface area contributed by atoms with Crippen molar-refractivity contribution in [2.45, 2.75) is 53.0 Å². The van der Waals surface area contributed by atoms with Crippen LogP contribution in [0.2, 0.25) is 0 Å². The van der Waals surface area contributed by atoms with Crippen molar-refractivity contribution in [1.29, 1.82) is 0 Å². The summed E-state index contributed by atoms with van der Waals surface area (Å²) in [7, 11) is 0. The summed E-state index contributed by atoms with van der Waals surface area (Å²) in [6.45, 7) is 9.63. The van der Waals surface area contributed by atoms with Gasteiger partial charge in [0, 0.05) is 23.9 Å². The number of aromatic hydroxyl groups is 2. The van der Waals surface area contributed by atoms with Crippen molar-refractivity contribution in [2.75, 3.05) is 6.54 Å². The number of nitrogens with zero attached hydrogens (tertiary/aromatic N) is 3. The van der Waals surface area contributed by atoms with E-state index in [0.717, 1.165) is 0 Å². The van der Waals surface area contributed by atoms with E-state index >= 15 is 0 Å². The lowest BCUT2D eigenvalue weighted by Crippen LogP contribution is -2.41. The van der Waals surface area contributed by atoms with Crippen molar-refractivity contribution >= 4 is 17.8 Å². The molecule has 0 saturated carbocycles. The Kier molecular flexibility index (Phi) is 8.72. The molecule has 1 unspecified atom stereocenters.